The molecule has 7 nitrogen and oxygen atoms in total. The Morgan fingerprint density at radius 1 is 1.06 bits per heavy atom. The van der Waals surface area contributed by atoms with Crippen molar-refractivity contribution in [3.8, 4) is 17.2 Å². The molecule has 8 heteroatoms. The average molecular weight is 422 g/mol. The van der Waals surface area contributed by atoms with Crippen LogP contribution in [0.3, 0.4) is 0 Å². The van der Waals surface area contributed by atoms with Crippen LogP contribution in [0.4, 0.5) is 4.39 Å². The fraction of sp³-hybridized carbons (Fsp3) is 0.174. The molecule has 0 aliphatic heterocycles. The predicted molar refractivity (Wildman–Crippen MR) is 108 cm³/mol. The molecule has 158 valence electrons. The van der Waals surface area contributed by atoms with E-state index in [4.69, 9.17) is 18.3 Å². The number of esters is 1. The number of hydrogen-bond acceptors (Lipinski definition) is 7. The van der Waals surface area contributed by atoms with Gasteiger partial charge < -0.3 is 18.3 Å². The fourth-order valence-electron chi connectivity index (χ4n) is 2.81. The summed E-state index contributed by atoms with van der Waals surface area (Å²) < 4.78 is 34.9. The number of carbonyl (C=O) groups excluding carboxylic acids is 1. The van der Waals surface area contributed by atoms with Crippen molar-refractivity contribution >= 4 is 5.97 Å². The van der Waals surface area contributed by atoms with Gasteiger partial charge in [0.25, 0.3) is 5.89 Å². The van der Waals surface area contributed by atoms with Crippen LogP contribution in [0.1, 0.15) is 40.8 Å². The van der Waals surface area contributed by atoms with E-state index in [1.54, 1.807) is 13.0 Å². The van der Waals surface area contributed by atoms with Crippen molar-refractivity contribution in [1.82, 2.24) is 10.2 Å². The highest BCUT2D eigenvalue weighted by Crippen LogP contribution is 2.24. The zero-order valence-electron chi connectivity index (χ0n) is 16.9. The van der Waals surface area contributed by atoms with Gasteiger partial charge in [-0.1, -0.05) is 17.7 Å². The standard InChI is InChI=1S/C23H19FN2O5/c1-14-4-3-5-16(12-14)22-26-25-21(31-22)15(2)29-23(27)20-11-10-19(30-20)13-28-18-8-6-17(24)7-9-18/h3-12,15H,13H2,1-2H3. The van der Waals surface area contributed by atoms with Gasteiger partial charge in [0.15, 0.2) is 6.10 Å². The number of nitrogens with zero attached hydrogens (tertiary/aromatic N) is 2. The van der Waals surface area contributed by atoms with E-state index >= 15 is 0 Å². The molecular formula is C23H19FN2O5. The molecule has 4 aromatic rings. The fourth-order valence-corrected chi connectivity index (χ4v) is 2.81. The molecule has 0 saturated carbocycles. The van der Waals surface area contributed by atoms with Crippen molar-refractivity contribution < 1.29 is 27.5 Å². The van der Waals surface area contributed by atoms with Gasteiger partial charge >= 0.3 is 5.97 Å². The Morgan fingerprint density at radius 3 is 2.65 bits per heavy atom. The lowest BCUT2D eigenvalue weighted by Gasteiger charge is -2.07. The summed E-state index contributed by atoms with van der Waals surface area (Å²) in [5.41, 5.74) is 1.85. The summed E-state index contributed by atoms with van der Waals surface area (Å²) >= 11 is 0. The number of carbonyl (C=O) groups is 1. The highest BCUT2D eigenvalue weighted by atomic mass is 19.1. The zero-order chi connectivity index (χ0) is 21.8. The van der Waals surface area contributed by atoms with E-state index in [0.717, 1.165) is 11.1 Å². The molecule has 0 aliphatic rings. The summed E-state index contributed by atoms with van der Waals surface area (Å²) in [5.74, 6) is 0.423. The Morgan fingerprint density at radius 2 is 1.87 bits per heavy atom. The third-order valence-corrected chi connectivity index (χ3v) is 4.39. The Balaban J connectivity index is 1.35. The normalized spacial score (nSPS) is 11.8. The lowest BCUT2D eigenvalue weighted by molar-refractivity contribution is 0.0241. The van der Waals surface area contributed by atoms with Crippen molar-refractivity contribution in [2.24, 2.45) is 0 Å². The molecule has 0 bridgehead atoms. The maximum atomic E-state index is 12.9. The quantitative estimate of drug-likeness (QED) is 0.375. The average Bonchev–Trinajstić information content (AvgIpc) is 3.43. The molecule has 0 fully saturated rings. The van der Waals surface area contributed by atoms with E-state index < -0.39 is 12.1 Å². The minimum absolute atomic E-state index is 0.0166. The number of furan rings is 1. The Kier molecular flexibility index (Phi) is 5.79. The van der Waals surface area contributed by atoms with Gasteiger partial charge in [-0.2, -0.15) is 0 Å². The van der Waals surface area contributed by atoms with E-state index in [-0.39, 0.29) is 24.1 Å². The third kappa shape index (κ3) is 4.98. The van der Waals surface area contributed by atoms with Crippen LogP contribution in [0.15, 0.2) is 69.5 Å². The molecule has 0 spiro atoms. The maximum Gasteiger partial charge on any atom is 0.375 e. The molecule has 1 atom stereocenters. The third-order valence-electron chi connectivity index (χ3n) is 4.39. The summed E-state index contributed by atoms with van der Waals surface area (Å²) in [6, 6.07) is 16.3. The highest BCUT2D eigenvalue weighted by Gasteiger charge is 2.22. The van der Waals surface area contributed by atoms with Crippen LogP contribution >= 0.6 is 0 Å². The number of aromatic nitrogens is 2. The van der Waals surface area contributed by atoms with Gasteiger partial charge in [0, 0.05) is 5.56 Å². The second-order valence-corrected chi connectivity index (χ2v) is 6.87. The van der Waals surface area contributed by atoms with Crippen LogP contribution in [0.25, 0.3) is 11.5 Å². The molecule has 0 N–H and O–H groups in total. The van der Waals surface area contributed by atoms with Crippen molar-refractivity contribution in [2.45, 2.75) is 26.6 Å². The summed E-state index contributed by atoms with van der Waals surface area (Å²) in [6.07, 6.45) is -0.762. The van der Waals surface area contributed by atoms with Gasteiger partial charge in [0.1, 0.15) is 23.9 Å². The Hall–Kier alpha value is -3.94. The van der Waals surface area contributed by atoms with Crippen LogP contribution < -0.4 is 4.74 Å². The summed E-state index contributed by atoms with van der Waals surface area (Å²) in [4.78, 5) is 12.4. The van der Waals surface area contributed by atoms with Gasteiger partial charge in [-0.3, -0.25) is 0 Å². The maximum absolute atomic E-state index is 12.9. The molecule has 2 aromatic carbocycles. The Labute approximate surface area is 177 Å². The van der Waals surface area contributed by atoms with Gasteiger partial charge in [-0.15, -0.1) is 10.2 Å². The van der Waals surface area contributed by atoms with Crippen LogP contribution in [-0.4, -0.2) is 16.2 Å². The number of hydrogen-bond donors (Lipinski definition) is 0. The van der Waals surface area contributed by atoms with Crippen LogP contribution in [0.5, 0.6) is 5.75 Å². The van der Waals surface area contributed by atoms with Gasteiger partial charge in [0.2, 0.25) is 11.7 Å². The molecule has 4 rings (SSSR count). The van der Waals surface area contributed by atoms with E-state index in [1.165, 1.54) is 30.3 Å². The molecular weight excluding hydrogens is 403 g/mol. The van der Waals surface area contributed by atoms with Crippen LogP contribution in [0, 0.1) is 12.7 Å². The molecule has 0 aliphatic carbocycles. The smallest absolute Gasteiger partial charge is 0.375 e. The van der Waals surface area contributed by atoms with Crippen molar-refractivity contribution in [3.05, 3.63) is 89.5 Å². The lowest BCUT2D eigenvalue weighted by atomic mass is 10.1. The van der Waals surface area contributed by atoms with E-state index in [1.807, 2.05) is 31.2 Å². The molecule has 31 heavy (non-hydrogen) atoms. The molecule has 2 heterocycles. The largest absolute Gasteiger partial charge is 0.486 e. The number of aryl methyl sites for hydroxylation is 1. The van der Waals surface area contributed by atoms with E-state index in [2.05, 4.69) is 10.2 Å². The summed E-state index contributed by atoms with van der Waals surface area (Å²) in [5, 5.41) is 7.99. The predicted octanol–water partition coefficient (Wildman–Crippen LogP) is 5.27. The van der Waals surface area contributed by atoms with E-state index in [0.29, 0.717) is 17.4 Å². The molecule has 1 unspecified atom stereocenters. The first-order valence-electron chi connectivity index (χ1n) is 9.56. The topological polar surface area (TPSA) is 87.6 Å². The number of ether oxygens (including phenoxy) is 2. The van der Waals surface area contributed by atoms with E-state index in [9.17, 15) is 9.18 Å². The minimum atomic E-state index is -0.762. The number of benzene rings is 2. The summed E-state index contributed by atoms with van der Waals surface area (Å²) in [6.45, 7) is 3.68. The lowest BCUT2D eigenvalue weighted by Crippen LogP contribution is -2.08. The number of rotatable bonds is 7. The molecule has 2 aromatic heterocycles. The first-order valence-corrected chi connectivity index (χ1v) is 9.56. The first-order chi connectivity index (χ1) is 15.0. The second kappa shape index (κ2) is 8.83. The minimum Gasteiger partial charge on any atom is -0.486 e. The molecule has 0 saturated heterocycles. The van der Waals surface area contributed by atoms with Crippen molar-refractivity contribution in [3.63, 3.8) is 0 Å². The second-order valence-electron chi connectivity index (χ2n) is 6.87. The monoisotopic (exact) mass is 422 g/mol. The number of halogens is 1. The molecule has 0 amide bonds. The summed E-state index contributed by atoms with van der Waals surface area (Å²) in [7, 11) is 0. The SMILES string of the molecule is Cc1cccc(-c2nnc(C(C)OC(=O)c3ccc(COc4ccc(F)cc4)o3)o2)c1. The zero-order valence-corrected chi connectivity index (χ0v) is 16.9. The van der Waals surface area contributed by atoms with Crippen molar-refractivity contribution in [2.75, 3.05) is 0 Å². The highest BCUT2D eigenvalue weighted by molar-refractivity contribution is 5.86. The molecule has 0 radical (unpaired) electrons. The van der Waals surface area contributed by atoms with Gasteiger partial charge in [-0.25, -0.2) is 9.18 Å². The van der Waals surface area contributed by atoms with Crippen molar-refractivity contribution in [1.29, 1.82) is 0 Å². The van der Waals surface area contributed by atoms with Gasteiger partial charge in [-0.05, 0) is 62.4 Å². The Bertz CT molecular complexity index is 1180. The van der Waals surface area contributed by atoms with Crippen LogP contribution in [-0.2, 0) is 11.3 Å². The van der Waals surface area contributed by atoms with Gasteiger partial charge in [0.05, 0.1) is 0 Å². The first kappa shape index (κ1) is 20.3. The van der Waals surface area contributed by atoms with Crippen LogP contribution in [0.2, 0.25) is 0 Å².